The number of amides is 1. The number of ether oxygens (including phenoxy) is 1. The number of benzene rings is 2. The van der Waals surface area contributed by atoms with Crippen molar-refractivity contribution in [3.05, 3.63) is 59.5 Å². The summed E-state index contributed by atoms with van der Waals surface area (Å²) in [7, 11) is 1.45. The monoisotopic (exact) mass is 367 g/mol. The molecule has 1 N–H and O–H groups in total. The Balaban J connectivity index is 1.82. The summed E-state index contributed by atoms with van der Waals surface area (Å²) in [5.41, 5.74) is 2.09. The number of carbonyl (C=O) groups is 1. The van der Waals surface area contributed by atoms with Crippen LogP contribution in [0.5, 0.6) is 11.5 Å². The number of hydrogen-bond acceptors (Lipinski definition) is 6. The minimum Gasteiger partial charge on any atom is -0.507 e. The summed E-state index contributed by atoms with van der Waals surface area (Å²) in [4.78, 5) is 18.8. The number of carbonyl (C=O) groups excluding carboxylic acids is 1. The van der Waals surface area contributed by atoms with E-state index in [0.717, 1.165) is 11.1 Å². The molecule has 0 aliphatic carbocycles. The van der Waals surface area contributed by atoms with Gasteiger partial charge in [0.25, 0.3) is 5.91 Å². The molecule has 0 saturated carbocycles. The van der Waals surface area contributed by atoms with Crippen LogP contribution in [0.4, 0.5) is 0 Å². The van der Waals surface area contributed by atoms with Crippen LogP contribution in [-0.2, 0) is 6.54 Å². The molecule has 1 amide bonds. The summed E-state index contributed by atoms with van der Waals surface area (Å²) in [5, 5.41) is 14.1. The number of aryl methyl sites for hydroxylation is 1. The van der Waals surface area contributed by atoms with Crippen molar-refractivity contribution in [2.24, 2.45) is 0 Å². The highest BCUT2D eigenvalue weighted by Gasteiger charge is 2.24. The van der Waals surface area contributed by atoms with Gasteiger partial charge >= 0.3 is 0 Å². The lowest BCUT2D eigenvalue weighted by Crippen LogP contribution is -2.30. The molecule has 1 aromatic heterocycles. The molecule has 7 heteroatoms. The van der Waals surface area contributed by atoms with Gasteiger partial charge in [-0.25, -0.2) is 0 Å². The third kappa shape index (κ3) is 3.92. The molecular formula is C20H21N3O4. The molecule has 0 aliphatic heterocycles. The van der Waals surface area contributed by atoms with Gasteiger partial charge in [0.15, 0.2) is 0 Å². The molecule has 7 nitrogen and oxygen atoms in total. The highest BCUT2D eigenvalue weighted by atomic mass is 16.5. The minimum absolute atomic E-state index is 0.111. The lowest BCUT2D eigenvalue weighted by atomic mass is 10.1. The van der Waals surface area contributed by atoms with Crippen molar-refractivity contribution in [1.29, 1.82) is 0 Å². The SMILES string of the molecule is CCN(Cc1nc(-c2ccc(C)cc2)no1)C(=O)c1c(O)cccc1OC. The van der Waals surface area contributed by atoms with E-state index in [9.17, 15) is 9.90 Å². The molecule has 0 saturated heterocycles. The summed E-state index contributed by atoms with van der Waals surface area (Å²) in [6, 6.07) is 12.5. The third-order valence-corrected chi connectivity index (χ3v) is 4.21. The summed E-state index contributed by atoms with van der Waals surface area (Å²) in [6.07, 6.45) is 0. The zero-order valence-corrected chi connectivity index (χ0v) is 15.5. The maximum atomic E-state index is 12.9. The first-order chi connectivity index (χ1) is 13.0. The lowest BCUT2D eigenvalue weighted by Gasteiger charge is -2.20. The van der Waals surface area contributed by atoms with Gasteiger partial charge in [-0.3, -0.25) is 4.79 Å². The fourth-order valence-corrected chi connectivity index (χ4v) is 2.69. The van der Waals surface area contributed by atoms with Crippen LogP contribution in [0.25, 0.3) is 11.4 Å². The van der Waals surface area contributed by atoms with Gasteiger partial charge < -0.3 is 19.3 Å². The van der Waals surface area contributed by atoms with Gasteiger partial charge in [0, 0.05) is 12.1 Å². The highest BCUT2D eigenvalue weighted by Crippen LogP contribution is 2.29. The van der Waals surface area contributed by atoms with Gasteiger partial charge in [-0.15, -0.1) is 0 Å². The van der Waals surface area contributed by atoms with Gasteiger partial charge in [-0.05, 0) is 26.0 Å². The molecule has 27 heavy (non-hydrogen) atoms. The van der Waals surface area contributed by atoms with E-state index in [2.05, 4.69) is 10.1 Å². The van der Waals surface area contributed by atoms with Crippen molar-refractivity contribution in [3.8, 4) is 22.9 Å². The highest BCUT2D eigenvalue weighted by molar-refractivity contribution is 5.99. The Morgan fingerprint density at radius 2 is 1.96 bits per heavy atom. The molecule has 3 aromatic rings. The van der Waals surface area contributed by atoms with Crippen LogP contribution >= 0.6 is 0 Å². The van der Waals surface area contributed by atoms with Gasteiger partial charge in [0.05, 0.1) is 7.11 Å². The second-order valence-electron chi connectivity index (χ2n) is 6.05. The Bertz CT molecular complexity index is 935. The van der Waals surface area contributed by atoms with E-state index >= 15 is 0 Å². The van der Waals surface area contributed by atoms with Gasteiger partial charge in [0.2, 0.25) is 11.7 Å². The van der Waals surface area contributed by atoms with Crippen molar-refractivity contribution in [2.45, 2.75) is 20.4 Å². The number of rotatable bonds is 6. The summed E-state index contributed by atoms with van der Waals surface area (Å²) in [6.45, 7) is 4.37. The second-order valence-corrected chi connectivity index (χ2v) is 6.05. The Morgan fingerprint density at radius 1 is 1.22 bits per heavy atom. The van der Waals surface area contributed by atoms with Crippen LogP contribution in [0, 0.1) is 6.92 Å². The first kappa shape index (κ1) is 18.4. The smallest absolute Gasteiger partial charge is 0.261 e. The molecule has 3 rings (SSSR count). The standard InChI is InChI=1S/C20H21N3O4/c1-4-23(20(25)18-15(24)6-5-7-16(18)26-3)12-17-21-19(22-27-17)14-10-8-13(2)9-11-14/h5-11,24H,4,12H2,1-3H3. The maximum Gasteiger partial charge on any atom is 0.261 e. The summed E-state index contributed by atoms with van der Waals surface area (Å²) < 4.78 is 10.5. The average Bonchev–Trinajstić information content (AvgIpc) is 3.14. The second kappa shape index (κ2) is 7.90. The van der Waals surface area contributed by atoms with E-state index < -0.39 is 0 Å². The number of phenolic OH excluding ortho intramolecular Hbond substituents is 1. The van der Waals surface area contributed by atoms with Crippen molar-refractivity contribution < 1.29 is 19.2 Å². The predicted octanol–water partition coefficient (Wildman–Crippen LogP) is 3.42. The molecule has 2 aromatic carbocycles. The van der Waals surface area contributed by atoms with Gasteiger partial charge in [-0.2, -0.15) is 4.98 Å². The summed E-state index contributed by atoms with van der Waals surface area (Å²) >= 11 is 0. The maximum absolute atomic E-state index is 12.9. The number of aromatic nitrogens is 2. The van der Waals surface area contributed by atoms with Gasteiger partial charge in [-0.1, -0.05) is 41.1 Å². The van der Waals surface area contributed by atoms with Crippen LogP contribution in [0.3, 0.4) is 0 Å². The molecule has 1 heterocycles. The van der Waals surface area contributed by atoms with Crippen molar-refractivity contribution in [2.75, 3.05) is 13.7 Å². The number of phenols is 1. The Morgan fingerprint density at radius 3 is 2.63 bits per heavy atom. The van der Waals surface area contributed by atoms with E-state index in [1.165, 1.54) is 18.1 Å². The number of nitrogens with zero attached hydrogens (tertiary/aromatic N) is 3. The number of hydrogen-bond donors (Lipinski definition) is 1. The van der Waals surface area contributed by atoms with E-state index in [-0.39, 0.29) is 23.8 Å². The fourth-order valence-electron chi connectivity index (χ4n) is 2.69. The number of aromatic hydroxyl groups is 1. The lowest BCUT2D eigenvalue weighted by molar-refractivity contribution is 0.0728. The first-order valence-electron chi connectivity index (χ1n) is 8.58. The fraction of sp³-hybridized carbons (Fsp3) is 0.250. The Hall–Kier alpha value is -3.35. The molecule has 0 unspecified atom stereocenters. The predicted molar refractivity (Wildman–Crippen MR) is 99.5 cm³/mol. The molecule has 0 spiro atoms. The van der Waals surface area contributed by atoms with E-state index in [4.69, 9.17) is 9.26 Å². The zero-order valence-electron chi connectivity index (χ0n) is 15.5. The van der Waals surface area contributed by atoms with E-state index in [0.29, 0.717) is 24.0 Å². The molecule has 0 fully saturated rings. The topological polar surface area (TPSA) is 88.7 Å². The van der Waals surface area contributed by atoms with Gasteiger partial charge in [0.1, 0.15) is 23.6 Å². The van der Waals surface area contributed by atoms with Crippen molar-refractivity contribution >= 4 is 5.91 Å². The molecule has 0 bridgehead atoms. The normalized spacial score (nSPS) is 10.6. The van der Waals surface area contributed by atoms with E-state index in [1.807, 2.05) is 38.1 Å². The average molecular weight is 367 g/mol. The quantitative estimate of drug-likeness (QED) is 0.718. The van der Waals surface area contributed by atoms with Crippen LogP contribution in [0.1, 0.15) is 28.7 Å². The summed E-state index contributed by atoms with van der Waals surface area (Å²) in [5.74, 6) is 0.583. The third-order valence-electron chi connectivity index (χ3n) is 4.21. The largest absolute Gasteiger partial charge is 0.507 e. The molecular weight excluding hydrogens is 346 g/mol. The Kier molecular flexibility index (Phi) is 5.40. The molecule has 140 valence electrons. The van der Waals surface area contributed by atoms with Crippen LogP contribution in [-0.4, -0.2) is 39.7 Å². The molecule has 0 aliphatic rings. The van der Waals surface area contributed by atoms with E-state index in [1.54, 1.807) is 12.1 Å². The number of methoxy groups -OCH3 is 1. The van der Waals surface area contributed by atoms with Crippen LogP contribution < -0.4 is 4.74 Å². The zero-order chi connectivity index (χ0) is 19.4. The molecule has 0 radical (unpaired) electrons. The van der Waals surface area contributed by atoms with Crippen LogP contribution in [0.2, 0.25) is 0 Å². The van der Waals surface area contributed by atoms with Crippen LogP contribution in [0.15, 0.2) is 47.0 Å². The Labute approximate surface area is 157 Å². The first-order valence-corrected chi connectivity index (χ1v) is 8.58. The van der Waals surface area contributed by atoms with Crippen molar-refractivity contribution in [3.63, 3.8) is 0 Å². The molecule has 0 atom stereocenters. The van der Waals surface area contributed by atoms with Crippen molar-refractivity contribution in [1.82, 2.24) is 15.0 Å². The minimum atomic E-state index is -0.373.